The summed E-state index contributed by atoms with van der Waals surface area (Å²) < 4.78 is 5.90. The molecule has 128 valence electrons. The maximum absolute atomic E-state index is 11.8. The van der Waals surface area contributed by atoms with Crippen LogP contribution in [0.5, 0.6) is 0 Å². The van der Waals surface area contributed by atoms with Gasteiger partial charge in [-0.15, -0.1) is 0 Å². The number of carbonyl (C=O) groups excluding carboxylic acids is 2. The second-order valence-electron chi connectivity index (χ2n) is 6.36. The summed E-state index contributed by atoms with van der Waals surface area (Å²) in [5, 5.41) is 2.79. The topological polar surface area (TPSA) is 81.4 Å². The molecule has 0 saturated carbocycles. The number of ether oxygens (including phenoxy) is 1. The van der Waals surface area contributed by atoms with E-state index in [2.05, 4.69) is 42.0 Å². The number of hydrogen-bond donors (Lipinski definition) is 2. The van der Waals surface area contributed by atoms with Gasteiger partial charge in [0.25, 0.3) is 0 Å². The van der Waals surface area contributed by atoms with Crippen LogP contribution in [-0.4, -0.2) is 25.0 Å². The van der Waals surface area contributed by atoms with Gasteiger partial charge in [0.05, 0.1) is 25.6 Å². The molecule has 0 aromatic heterocycles. The molecule has 1 amide bonds. The highest BCUT2D eigenvalue weighted by atomic mass is 79.9. The first-order valence-electron chi connectivity index (χ1n) is 7.63. The van der Waals surface area contributed by atoms with E-state index in [1.165, 1.54) is 0 Å². The van der Waals surface area contributed by atoms with E-state index in [9.17, 15) is 9.59 Å². The second-order valence-corrected chi connectivity index (χ2v) is 7.27. The first-order chi connectivity index (χ1) is 10.7. The van der Waals surface area contributed by atoms with E-state index < -0.39 is 6.04 Å². The number of esters is 1. The monoisotopic (exact) mass is 384 g/mol. The molecule has 0 unspecified atom stereocenters. The fourth-order valence-electron chi connectivity index (χ4n) is 2.14. The number of hydrogen-bond acceptors (Lipinski definition) is 4. The van der Waals surface area contributed by atoms with Gasteiger partial charge in [-0.3, -0.25) is 9.59 Å². The van der Waals surface area contributed by atoms with Crippen LogP contribution in [0, 0.1) is 0 Å². The van der Waals surface area contributed by atoms with Gasteiger partial charge >= 0.3 is 5.97 Å². The molecule has 1 atom stereocenters. The number of benzene rings is 1. The van der Waals surface area contributed by atoms with Crippen LogP contribution in [0.4, 0.5) is 0 Å². The largest absolute Gasteiger partial charge is 0.466 e. The van der Waals surface area contributed by atoms with E-state index in [1.54, 1.807) is 6.92 Å². The number of nitrogens with two attached hydrogens (primary N) is 1. The molecule has 0 aliphatic heterocycles. The quantitative estimate of drug-likeness (QED) is 0.738. The van der Waals surface area contributed by atoms with Crippen LogP contribution in [0.25, 0.3) is 0 Å². The van der Waals surface area contributed by atoms with Crippen LogP contribution in [0.2, 0.25) is 0 Å². The fourth-order valence-corrected chi connectivity index (χ4v) is 2.65. The molecule has 1 rings (SSSR count). The van der Waals surface area contributed by atoms with Crippen LogP contribution in [0.15, 0.2) is 22.7 Å². The lowest BCUT2D eigenvalue weighted by atomic mass is 9.85. The summed E-state index contributed by atoms with van der Waals surface area (Å²) in [6.45, 7) is 8.26. The van der Waals surface area contributed by atoms with Crippen molar-refractivity contribution in [2.45, 2.75) is 45.6 Å². The van der Waals surface area contributed by atoms with Crippen LogP contribution in [0.3, 0.4) is 0 Å². The van der Waals surface area contributed by atoms with Crippen LogP contribution in [-0.2, 0) is 19.7 Å². The lowest BCUT2D eigenvalue weighted by Gasteiger charge is -2.24. The zero-order valence-corrected chi connectivity index (χ0v) is 15.7. The van der Waals surface area contributed by atoms with Crippen molar-refractivity contribution in [1.29, 1.82) is 0 Å². The smallest absolute Gasteiger partial charge is 0.308 e. The van der Waals surface area contributed by atoms with Gasteiger partial charge in [-0.1, -0.05) is 42.8 Å². The molecular weight excluding hydrogens is 360 g/mol. The minimum absolute atomic E-state index is 0.0507. The van der Waals surface area contributed by atoms with Crippen molar-refractivity contribution >= 4 is 27.8 Å². The predicted molar refractivity (Wildman–Crippen MR) is 94.0 cm³/mol. The summed E-state index contributed by atoms with van der Waals surface area (Å²) >= 11 is 3.50. The Labute approximate surface area is 146 Å². The minimum Gasteiger partial charge on any atom is -0.466 e. The lowest BCUT2D eigenvalue weighted by molar-refractivity contribution is -0.143. The summed E-state index contributed by atoms with van der Waals surface area (Å²) in [5.74, 6) is -0.663. The van der Waals surface area contributed by atoms with Crippen molar-refractivity contribution < 1.29 is 14.3 Å². The van der Waals surface area contributed by atoms with Crippen molar-refractivity contribution in [3.63, 3.8) is 0 Å². The standard InChI is InChI=1S/C17H25BrN2O3/c1-5-23-16(22)9-14(20-15(21)10-19)11-6-12(17(2,3)4)8-13(18)7-11/h6-8,14H,5,9-10,19H2,1-4H3,(H,20,21)/t14-/m0/s1. The number of rotatable bonds is 6. The molecule has 0 spiro atoms. The first kappa shape index (κ1) is 19.6. The zero-order chi connectivity index (χ0) is 17.6. The van der Waals surface area contributed by atoms with Crippen molar-refractivity contribution in [2.24, 2.45) is 5.73 Å². The molecule has 0 aliphatic carbocycles. The van der Waals surface area contributed by atoms with E-state index in [0.29, 0.717) is 6.61 Å². The molecule has 0 bridgehead atoms. The minimum atomic E-state index is -0.469. The van der Waals surface area contributed by atoms with E-state index >= 15 is 0 Å². The Bertz CT molecular complexity index is 567. The summed E-state index contributed by atoms with van der Waals surface area (Å²) in [6.07, 6.45) is 0.0691. The Morgan fingerprint density at radius 1 is 1.30 bits per heavy atom. The van der Waals surface area contributed by atoms with E-state index in [-0.39, 0.29) is 30.3 Å². The van der Waals surface area contributed by atoms with Crippen LogP contribution < -0.4 is 11.1 Å². The Morgan fingerprint density at radius 2 is 1.96 bits per heavy atom. The predicted octanol–water partition coefficient (Wildman–Crippen LogP) is 2.82. The molecule has 6 heteroatoms. The average molecular weight is 385 g/mol. The van der Waals surface area contributed by atoms with E-state index in [1.807, 2.05) is 18.2 Å². The molecule has 1 aromatic rings. The molecule has 0 radical (unpaired) electrons. The molecule has 23 heavy (non-hydrogen) atoms. The van der Waals surface area contributed by atoms with Gasteiger partial charge in [0.1, 0.15) is 0 Å². The summed E-state index contributed by atoms with van der Waals surface area (Å²) in [6, 6.07) is 5.47. The Balaban J connectivity index is 3.16. The third-order valence-corrected chi connectivity index (χ3v) is 3.84. The highest BCUT2D eigenvalue weighted by Gasteiger charge is 2.22. The van der Waals surface area contributed by atoms with Crippen molar-refractivity contribution in [2.75, 3.05) is 13.2 Å². The Kier molecular flexibility index (Phi) is 7.22. The van der Waals surface area contributed by atoms with Gasteiger partial charge in [-0.2, -0.15) is 0 Å². The van der Waals surface area contributed by atoms with Crippen molar-refractivity contribution in [3.05, 3.63) is 33.8 Å². The van der Waals surface area contributed by atoms with Gasteiger partial charge in [-0.05, 0) is 35.6 Å². The molecule has 0 fully saturated rings. The molecule has 0 aliphatic rings. The summed E-state index contributed by atoms with van der Waals surface area (Å²) in [5.41, 5.74) is 7.28. The lowest BCUT2D eigenvalue weighted by Crippen LogP contribution is -2.35. The molecular formula is C17H25BrN2O3. The number of carbonyl (C=O) groups is 2. The first-order valence-corrected chi connectivity index (χ1v) is 8.42. The number of halogens is 1. The number of amides is 1. The van der Waals surface area contributed by atoms with Gasteiger partial charge < -0.3 is 15.8 Å². The maximum Gasteiger partial charge on any atom is 0.308 e. The molecule has 0 saturated heterocycles. The van der Waals surface area contributed by atoms with Gasteiger partial charge in [-0.25, -0.2) is 0 Å². The van der Waals surface area contributed by atoms with Crippen molar-refractivity contribution in [3.8, 4) is 0 Å². The average Bonchev–Trinajstić information content (AvgIpc) is 2.45. The molecule has 5 nitrogen and oxygen atoms in total. The van der Waals surface area contributed by atoms with Crippen molar-refractivity contribution in [1.82, 2.24) is 5.32 Å². The third kappa shape index (κ3) is 6.31. The number of nitrogens with one attached hydrogen (secondary N) is 1. The molecule has 0 heterocycles. The SMILES string of the molecule is CCOC(=O)C[C@H](NC(=O)CN)c1cc(Br)cc(C(C)(C)C)c1. The Morgan fingerprint density at radius 3 is 2.48 bits per heavy atom. The molecule has 3 N–H and O–H groups in total. The van der Waals surface area contributed by atoms with Crippen LogP contribution in [0.1, 0.15) is 51.3 Å². The van der Waals surface area contributed by atoms with Gasteiger partial charge in [0.2, 0.25) is 5.91 Å². The normalized spacial score (nSPS) is 12.6. The van der Waals surface area contributed by atoms with Gasteiger partial charge in [0, 0.05) is 4.47 Å². The zero-order valence-electron chi connectivity index (χ0n) is 14.1. The highest BCUT2D eigenvalue weighted by Crippen LogP contribution is 2.30. The van der Waals surface area contributed by atoms with E-state index in [4.69, 9.17) is 10.5 Å². The Hall–Kier alpha value is -1.40. The molecule has 1 aromatic carbocycles. The van der Waals surface area contributed by atoms with Gasteiger partial charge in [0.15, 0.2) is 0 Å². The van der Waals surface area contributed by atoms with E-state index in [0.717, 1.165) is 15.6 Å². The fraction of sp³-hybridized carbons (Fsp3) is 0.529. The highest BCUT2D eigenvalue weighted by molar-refractivity contribution is 9.10. The van der Waals surface area contributed by atoms with Crippen LogP contribution >= 0.6 is 15.9 Å². The second kappa shape index (κ2) is 8.45. The summed E-state index contributed by atoms with van der Waals surface area (Å²) in [7, 11) is 0. The third-order valence-electron chi connectivity index (χ3n) is 3.39. The summed E-state index contributed by atoms with van der Waals surface area (Å²) in [4.78, 5) is 23.5. The maximum atomic E-state index is 11.8.